The van der Waals surface area contributed by atoms with Crippen LogP contribution in [-0.2, 0) is 4.74 Å². The Hall–Kier alpha value is -2.55. The molecule has 2 saturated heterocycles. The summed E-state index contributed by atoms with van der Waals surface area (Å²) >= 11 is 1.33. The SMILES string of the molecule is O=C(CCCN1CCCCC1)c1cccc(-c2csc3c(=O)nc(N4CCOCC4)oc23)c1. The largest absolute Gasteiger partial charge is 0.423 e. The van der Waals surface area contributed by atoms with Crippen LogP contribution in [0.15, 0.2) is 38.9 Å². The first kappa shape index (κ1) is 22.3. The van der Waals surface area contributed by atoms with Crippen LogP contribution in [0.5, 0.6) is 0 Å². The molecule has 0 N–H and O–H groups in total. The second-order valence-electron chi connectivity index (χ2n) is 8.72. The van der Waals surface area contributed by atoms with Gasteiger partial charge in [0.05, 0.1) is 13.2 Å². The third-order valence-corrected chi connectivity index (χ3v) is 7.38. The number of aromatic nitrogens is 1. The van der Waals surface area contributed by atoms with Crippen molar-refractivity contribution in [3.63, 3.8) is 0 Å². The fourth-order valence-corrected chi connectivity index (χ4v) is 5.47. The summed E-state index contributed by atoms with van der Waals surface area (Å²) in [6, 6.07) is 7.98. The maximum absolute atomic E-state index is 12.9. The van der Waals surface area contributed by atoms with Crippen LogP contribution in [-0.4, -0.2) is 61.6 Å². The maximum atomic E-state index is 12.9. The van der Waals surface area contributed by atoms with Crippen LogP contribution < -0.4 is 10.5 Å². The summed E-state index contributed by atoms with van der Waals surface area (Å²) in [5.74, 6) is 0.158. The van der Waals surface area contributed by atoms with Crippen molar-refractivity contribution in [1.82, 2.24) is 9.88 Å². The summed E-state index contributed by atoms with van der Waals surface area (Å²) < 4.78 is 12.0. The molecule has 174 valence electrons. The fraction of sp³-hybridized carbons (Fsp3) is 0.480. The lowest BCUT2D eigenvalue weighted by atomic mass is 10.0. The van der Waals surface area contributed by atoms with E-state index in [1.165, 1.54) is 30.6 Å². The van der Waals surface area contributed by atoms with E-state index in [0.717, 1.165) is 37.2 Å². The monoisotopic (exact) mass is 467 g/mol. The topological polar surface area (TPSA) is 75.9 Å². The Balaban J connectivity index is 1.35. The average molecular weight is 468 g/mol. The molecule has 8 heteroatoms. The molecule has 33 heavy (non-hydrogen) atoms. The van der Waals surface area contributed by atoms with Crippen LogP contribution in [0.2, 0.25) is 0 Å². The van der Waals surface area contributed by atoms with Crippen molar-refractivity contribution in [2.45, 2.75) is 32.1 Å². The summed E-state index contributed by atoms with van der Waals surface area (Å²) in [4.78, 5) is 34.1. The first-order valence-corrected chi connectivity index (χ1v) is 12.7. The molecule has 4 heterocycles. The molecular weight excluding hydrogens is 438 g/mol. The van der Waals surface area contributed by atoms with E-state index in [0.29, 0.717) is 54.6 Å². The zero-order valence-corrected chi connectivity index (χ0v) is 19.6. The minimum Gasteiger partial charge on any atom is -0.423 e. The van der Waals surface area contributed by atoms with E-state index in [1.807, 2.05) is 34.5 Å². The molecule has 5 rings (SSSR count). The Kier molecular flexibility index (Phi) is 6.85. The predicted octanol–water partition coefficient (Wildman–Crippen LogP) is 4.20. The molecule has 1 aromatic carbocycles. The van der Waals surface area contributed by atoms with E-state index in [1.54, 1.807) is 0 Å². The van der Waals surface area contributed by atoms with Gasteiger partial charge in [-0.15, -0.1) is 11.3 Å². The number of benzene rings is 1. The fourth-order valence-electron chi connectivity index (χ4n) is 4.59. The minimum absolute atomic E-state index is 0.158. The second kappa shape index (κ2) is 10.2. The number of carbonyl (C=O) groups is 1. The molecule has 7 nitrogen and oxygen atoms in total. The summed E-state index contributed by atoms with van der Waals surface area (Å²) in [5, 5.41) is 1.92. The molecular formula is C25H29N3O4S. The lowest BCUT2D eigenvalue weighted by molar-refractivity contribution is 0.0973. The van der Waals surface area contributed by atoms with Crippen molar-refractivity contribution in [1.29, 1.82) is 0 Å². The highest BCUT2D eigenvalue weighted by atomic mass is 32.1. The Morgan fingerprint density at radius 3 is 2.73 bits per heavy atom. The highest BCUT2D eigenvalue weighted by Gasteiger charge is 2.20. The van der Waals surface area contributed by atoms with Gasteiger partial charge < -0.3 is 19.0 Å². The summed E-state index contributed by atoms with van der Waals surface area (Å²) in [6.45, 7) is 5.75. The van der Waals surface area contributed by atoms with Crippen LogP contribution in [0, 0.1) is 0 Å². The maximum Gasteiger partial charge on any atom is 0.301 e. The van der Waals surface area contributed by atoms with Crippen LogP contribution in [0.4, 0.5) is 6.01 Å². The van der Waals surface area contributed by atoms with E-state index < -0.39 is 0 Å². The molecule has 0 saturated carbocycles. The highest BCUT2D eigenvalue weighted by Crippen LogP contribution is 2.34. The van der Waals surface area contributed by atoms with Crippen molar-refractivity contribution in [2.24, 2.45) is 0 Å². The van der Waals surface area contributed by atoms with Gasteiger partial charge >= 0.3 is 6.01 Å². The number of anilines is 1. The third kappa shape index (κ3) is 5.03. The summed E-state index contributed by atoms with van der Waals surface area (Å²) in [5.41, 5.74) is 2.67. The third-order valence-electron chi connectivity index (χ3n) is 6.43. The molecule has 0 unspecified atom stereocenters. The Labute approximate surface area is 197 Å². The van der Waals surface area contributed by atoms with E-state index in [-0.39, 0.29) is 11.3 Å². The first-order valence-electron chi connectivity index (χ1n) is 11.8. The number of likely N-dealkylation sites (tertiary alicyclic amines) is 1. The predicted molar refractivity (Wildman–Crippen MR) is 130 cm³/mol. The molecule has 2 fully saturated rings. The van der Waals surface area contributed by atoms with Gasteiger partial charge in [-0.25, -0.2) is 0 Å². The number of ketones is 1. The molecule has 2 aromatic heterocycles. The summed E-state index contributed by atoms with van der Waals surface area (Å²) in [6.07, 6.45) is 5.29. The van der Waals surface area contributed by atoms with Gasteiger partial charge in [0.1, 0.15) is 4.70 Å². The van der Waals surface area contributed by atoms with Crippen LogP contribution >= 0.6 is 11.3 Å². The van der Waals surface area contributed by atoms with Crippen molar-refractivity contribution in [2.75, 3.05) is 50.8 Å². The number of thiophene rings is 1. The number of hydrogen-bond acceptors (Lipinski definition) is 8. The molecule has 2 aliphatic heterocycles. The van der Waals surface area contributed by atoms with Crippen molar-refractivity contribution in [3.05, 3.63) is 45.6 Å². The number of nitrogens with zero attached hydrogens (tertiary/aromatic N) is 3. The van der Waals surface area contributed by atoms with E-state index in [2.05, 4.69) is 9.88 Å². The number of hydrogen-bond donors (Lipinski definition) is 0. The van der Waals surface area contributed by atoms with Gasteiger partial charge in [0.25, 0.3) is 5.56 Å². The Bertz CT molecular complexity index is 1180. The number of carbonyl (C=O) groups excluding carboxylic acids is 1. The van der Waals surface area contributed by atoms with Gasteiger partial charge in [-0.05, 0) is 50.5 Å². The van der Waals surface area contributed by atoms with Gasteiger partial charge in [-0.3, -0.25) is 9.59 Å². The van der Waals surface area contributed by atoms with Crippen LogP contribution in [0.3, 0.4) is 0 Å². The van der Waals surface area contributed by atoms with Gasteiger partial charge in [0.15, 0.2) is 11.4 Å². The average Bonchev–Trinajstić information content (AvgIpc) is 3.30. The zero-order chi connectivity index (χ0) is 22.6. The zero-order valence-electron chi connectivity index (χ0n) is 18.8. The van der Waals surface area contributed by atoms with E-state index in [9.17, 15) is 9.59 Å². The van der Waals surface area contributed by atoms with Crippen LogP contribution in [0.1, 0.15) is 42.5 Å². The standard InChI is InChI=1S/C25H29N3O4S/c29-21(8-5-11-27-9-2-1-3-10-27)19-7-4-6-18(16-19)20-17-33-23-22(20)32-25(26-24(23)30)28-12-14-31-15-13-28/h4,6-7,16-17H,1-3,5,8-15H2. The number of rotatable bonds is 7. The molecule has 0 atom stereocenters. The Morgan fingerprint density at radius 2 is 1.91 bits per heavy atom. The molecule has 0 aliphatic carbocycles. The smallest absolute Gasteiger partial charge is 0.301 e. The van der Waals surface area contributed by atoms with Gasteiger partial charge in [-0.2, -0.15) is 4.98 Å². The number of morpholine rings is 1. The molecule has 0 spiro atoms. The molecule has 0 amide bonds. The second-order valence-corrected chi connectivity index (χ2v) is 9.60. The number of fused-ring (bicyclic) bond motifs is 1. The minimum atomic E-state index is -0.279. The van der Waals surface area contributed by atoms with Gasteiger partial charge in [-0.1, -0.05) is 24.6 Å². The van der Waals surface area contributed by atoms with Gasteiger partial charge in [0.2, 0.25) is 0 Å². The number of piperidine rings is 1. The van der Waals surface area contributed by atoms with E-state index in [4.69, 9.17) is 9.15 Å². The van der Waals surface area contributed by atoms with Crippen molar-refractivity contribution in [3.8, 4) is 11.1 Å². The lowest BCUT2D eigenvalue weighted by Gasteiger charge is -2.26. The van der Waals surface area contributed by atoms with Crippen LogP contribution in [0.25, 0.3) is 21.4 Å². The summed E-state index contributed by atoms with van der Waals surface area (Å²) in [7, 11) is 0. The van der Waals surface area contributed by atoms with E-state index >= 15 is 0 Å². The highest BCUT2D eigenvalue weighted by molar-refractivity contribution is 7.17. The molecule has 0 radical (unpaired) electrons. The molecule has 2 aliphatic rings. The van der Waals surface area contributed by atoms with Gasteiger partial charge in [0, 0.05) is 36.0 Å². The molecule has 3 aromatic rings. The van der Waals surface area contributed by atoms with Crippen molar-refractivity contribution >= 4 is 33.4 Å². The lowest BCUT2D eigenvalue weighted by Crippen LogP contribution is -2.37. The van der Waals surface area contributed by atoms with Crippen molar-refractivity contribution < 1.29 is 13.9 Å². The quantitative estimate of drug-likeness (QED) is 0.482. The normalized spacial score (nSPS) is 17.5. The molecule has 0 bridgehead atoms. The first-order chi connectivity index (χ1) is 16.2. The Morgan fingerprint density at radius 1 is 1.09 bits per heavy atom. The number of Topliss-reactive ketones (excluding diaryl/α,β-unsaturated/α-hetero) is 1. The number of ether oxygens (including phenoxy) is 1.